The van der Waals surface area contributed by atoms with Gasteiger partial charge in [0.15, 0.2) is 9.92 Å². The van der Waals surface area contributed by atoms with Crippen molar-refractivity contribution in [3.8, 4) is 56.2 Å². The first-order chi connectivity index (χ1) is 25.8. The minimum absolute atomic E-state index is 1.00. The highest BCUT2D eigenvalue weighted by Crippen LogP contribution is 2.41. The third-order valence-corrected chi connectivity index (χ3v) is 12.1. The van der Waals surface area contributed by atoms with Crippen molar-refractivity contribution in [3.05, 3.63) is 170 Å². The number of para-hydroxylation sites is 2. The minimum atomic E-state index is 1.00. The molecular formula is C46H28N4S2. The maximum Gasteiger partial charge on any atom is 0.195 e. The molecule has 52 heavy (non-hydrogen) atoms. The van der Waals surface area contributed by atoms with E-state index in [4.69, 9.17) is 9.97 Å². The van der Waals surface area contributed by atoms with Gasteiger partial charge in [-0.25, -0.2) is 9.97 Å². The molecule has 0 spiro atoms. The van der Waals surface area contributed by atoms with Crippen molar-refractivity contribution in [2.45, 2.75) is 0 Å². The Hall–Kier alpha value is -6.34. The molecule has 0 fully saturated rings. The average molecular weight is 701 g/mol. The molecule has 0 saturated carbocycles. The zero-order valence-electron chi connectivity index (χ0n) is 27.8. The summed E-state index contributed by atoms with van der Waals surface area (Å²) in [4.78, 5) is 12.4. The number of hydrogen-bond acceptors (Lipinski definition) is 4. The van der Waals surface area contributed by atoms with E-state index >= 15 is 0 Å². The van der Waals surface area contributed by atoms with Crippen molar-refractivity contribution in [2.24, 2.45) is 0 Å². The summed E-state index contributed by atoms with van der Waals surface area (Å²) in [5.41, 5.74) is 13.5. The predicted molar refractivity (Wildman–Crippen MR) is 219 cm³/mol. The number of imidazole rings is 2. The van der Waals surface area contributed by atoms with Crippen LogP contribution in [0.15, 0.2) is 170 Å². The Labute approximate surface area is 307 Å². The van der Waals surface area contributed by atoms with Crippen LogP contribution in [0.4, 0.5) is 0 Å². The van der Waals surface area contributed by atoms with E-state index in [1.54, 1.807) is 22.7 Å². The molecule has 0 amide bonds. The topological polar surface area (TPSA) is 34.6 Å². The van der Waals surface area contributed by atoms with Crippen LogP contribution in [0.1, 0.15) is 0 Å². The molecule has 0 N–H and O–H groups in total. The molecule has 0 aliphatic heterocycles. The standard InChI is InChI=1S/C46H28N4S2/c1-2-11-32(12-3-1)41-43(49-37-14-6-8-16-39(37)51-45(49)47-41)33-23-18-30(19-24-33)31-20-25-34(26-21-31)44-42(36-27-22-29-10-4-5-13-35(29)28-36)48-46-50(44)38-15-7-9-17-40(38)52-46/h1-28H. The van der Waals surface area contributed by atoms with Gasteiger partial charge in [0.1, 0.15) is 0 Å². The number of fused-ring (bicyclic) bond motifs is 7. The van der Waals surface area contributed by atoms with Gasteiger partial charge < -0.3 is 0 Å². The summed E-state index contributed by atoms with van der Waals surface area (Å²) in [6.45, 7) is 0. The SMILES string of the molecule is c1ccc(-c2nc3sc4ccccc4n3c2-c2ccc(-c3ccc(-c4c(-c5ccc6ccccc6c5)nc5sc6ccccc6n45)cc3)cc2)cc1. The molecule has 11 aromatic rings. The molecule has 0 saturated heterocycles. The molecule has 0 aliphatic carbocycles. The molecule has 244 valence electrons. The van der Waals surface area contributed by atoms with E-state index in [0.717, 1.165) is 55.0 Å². The summed E-state index contributed by atoms with van der Waals surface area (Å²) in [6.07, 6.45) is 0. The van der Waals surface area contributed by atoms with Crippen LogP contribution in [-0.2, 0) is 0 Å². The van der Waals surface area contributed by atoms with Crippen molar-refractivity contribution < 1.29 is 0 Å². The van der Waals surface area contributed by atoms with Crippen molar-refractivity contribution in [2.75, 3.05) is 0 Å². The summed E-state index contributed by atoms with van der Waals surface area (Å²) >= 11 is 3.47. The highest BCUT2D eigenvalue weighted by atomic mass is 32.1. The normalized spacial score (nSPS) is 11.8. The van der Waals surface area contributed by atoms with Gasteiger partial charge in [0, 0.05) is 22.3 Å². The lowest BCUT2D eigenvalue weighted by Gasteiger charge is -2.10. The fourth-order valence-corrected chi connectivity index (χ4v) is 9.60. The van der Waals surface area contributed by atoms with Crippen molar-refractivity contribution in [1.82, 2.24) is 18.8 Å². The second kappa shape index (κ2) is 11.6. The lowest BCUT2D eigenvalue weighted by molar-refractivity contribution is 1.29. The Morgan fingerprint density at radius 1 is 0.346 bits per heavy atom. The van der Waals surface area contributed by atoms with E-state index in [1.807, 2.05) is 0 Å². The molecule has 4 nitrogen and oxygen atoms in total. The van der Waals surface area contributed by atoms with Crippen LogP contribution in [-0.4, -0.2) is 18.8 Å². The number of hydrogen-bond donors (Lipinski definition) is 0. The minimum Gasteiger partial charge on any atom is -0.282 e. The fraction of sp³-hybridized carbons (Fsp3) is 0. The highest BCUT2D eigenvalue weighted by Gasteiger charge is 2.22. The number of nitrogens with zero attached hydrogens (tertiary/aromatic N) is 4. The fourth-order valence-electron chi connectivity index (χ4n) is 7.55. The largest absolute Gasteiger partial charge is 0.282 e. The van der Waals surface area contributed by atoms with Gasteiger partial charge in [0.25, 0.3) is 0 Å². The third kappa shape index (κ3) is 4.58. The summed E-state index contributed by atoms with van der Waals surface area (Å²) < 4.78 is 7.12. The molecule has 0 radical (unpaired) electrons. The Morgan fingerprint density at radius 2 is 0.788 bits per heavy atom. The molecule has 0 aliphatic rings. The molecule has 6 heteroatoms. The molecule has 4 aromatic heterocycles. The Morgan fingerprint density at radius 3 is 1.37 bits per heavy atom. The van der Waals surface area contributed by atoms with Crippen LogP contribution in [0.5, 0.6) is 0 Å². The van der Waals surface area contributed by atoms with Gasteiger partial charge in [-0.15, -0.1) is 0 Å². The quantitative estimate of drug-likeness (QED) is 0.179. The van der Waals surface area contributed by atoms with E-state index in [1.165, 1.54) is 42.3 Å². The van der Waals surface area contributed by atoms with E-state index in [2.05, 4.69) is 179 Å². The van der Waals surface area contributed by atoms with Gasteiger partial charge in [-0.2, -0.15) is 0 Å². The molecule has 0 atom stereocenters. The van der Waals surface area contributed by atoms with Gasteiger partial charge >= 0.3 is 0 Å². The zero-order valence-corrected chi connectivity index (χ0v) is 29.4. The van der Waals surface area contributed by atoms with E-state index in [-0.39, 0.29) is 0 Å². The van der Waals surface area contributed by atoms with Crippen molar-refractivity contribution >= 4 is 63.8 Å². The first-order valence-electron chi connectivity index (χ1n) is 17.3. The van der Waals surface area contributed by atoms with Crippen LogP contribution < -0.4 is 0 Å². The van der Waals surface area contributed by atoms with Gasteiger partial charge in [0.2, 0.25) is 0 Å². The lowest BCUT2D eigenvalue weighted by atomic mass is 9.98. The van der Waals surface area contributed by atoms with Crippen LogP contribution in [0, 0.1) is 0 Å². The maximum atomic E-state index is 5.26. The number of rotatable bonds is 5. The van der Waals surface area contributed by atoms with E-state index in [0.29, 0.717) is 0 Å². The molecule has 4 heterocycles. The first-order valence-corrected chi connectivity index (χ1v) is 19.0. The van der Waals surface area contributed by atoms with E-state index < -0.39 is 0 Å². The second-order valence-corrected chi connectivity index (χ2v) is 15.1. The molecular weight excluding hydrogens is 673 g/mol. The summed E-state index contributed by atoms with van der Waals surface area (Å²) in [5.74, 6) is 0. The highest BCUT2D eigenvalue weighted by molar-refractivity contribution is 7.24. The number of aromatic nitrogens is 4. The third-order valence-electron chi connectivity index (χ3n) is 10.0. The van der Waals surface area contributed by atoms with Crippen LogP contribution in [0.25, 0.3) is 97.3 Å². The molecule has 7 aromatic carbocycles. The Kier molecular flexibility index (Phi) is 6.56. The number of benzene rings is 7. The second-order valence-electron chi connectivity index (χ2n) is 13.1. The Bertz CT molecular complexity index is 3110. The summed E-state index contributed by atoms with van der Waals surface area (Å²) in [5, 5.41) is 2.44. The van der Waals surface area contributed by atoms with Crippen molar-refractivity contribution in [1.29, 1.82) is 0 Å². The average Bonchev–Trinajstić information content (AvgIpc) is 3.96. The van der Waals surface area contributed by atoms with Gasteiger partial charge in [-0.1, -0.05) is 162 Å². The molecule has 0 bridgehead atoms. The maximum absolute atomic E-state index is 5.26. The van der Waals surface area contributed by atoms with Gasteiger partial charge in [-0.05, 0) is 52.2 Å². The van der Waals surface area contributed by atoms with Crippen LogP contribution >= 0.6 is 22.7 Å². The number of thiazole rings is 2. The summed E-state index contributed by atoms with van der Waals surface area (Å²) in [7, 11) is 0. The zero-order chi connectivity index (χ0) is 34.2. The van der Waals surface area contributed by atoms with Crippen LogP contribution in [0.3, 0.4) is 0 Å². The van der Waals surface area contributed by atoms with Crippen molar-refractivity contribution in [3.63, 3.8) is 0 Å². The van der Waals surface area contributed by atoms with Gasteiger partial charge in [-0.3, -0.25) is 8.80 Å². The molecule has 11 rings (SSSR count). The summed E-state index contributed by atoms with van der Waals surface area (Å²) in [6, 6.07) is 60.7. The molecule has 0 unspecified atom stereocenters. The van der Waals surface area contributed by atoms with Gasteiger partial charge in [0.05, 0.1) is 43.2 Å². The van der Waals surface area contributed by atoms with E-state index in [9.17, 15) is 0 Å². The lowest BCUT2D eigenvalue weighted by Crippen LogP contribution is -1.91. The monoisotopic (exact) mass is 700 g/mol. The van der Waals surface area contributed by atoms with Crippen LogP contribution in [0.2, 0.25) is 0 Å². The smallest absolute Gasteiger partial charge is 0.195 e. The predicted octanol–water partition coefficient (Wildman–Crippen LogP) is 12.9. The first kappa shape index (κ1) is 29.4. The Balaban J connectivity index is 1.01.